The number of benzene rings is 5. The van der Waals surface area contributed by atoms with Crippen molar-refractivity contribution in [2.75, 3.05) is 0 Å². The third kappa shape index (κ3) is 2.85. The summed E-state index contributed by atoms with van der Waals surface area (Å²) in [5, 5.41) is 6.03. The van der Waals surface area contributed by atoms with Gasteiger partial charge in [-0.3, -0.25) is 9.38 Å². The van der Waals surface area contributed by atoms with Gasteiger partial charge >= 0.3 is 0 Å². The van der Waals surface area contributed by atoms with Crippen LogP contribution in [0.4, 0.5) is 0 Å². The van der Waals surface area contributed by atoms with Gasteiger partial charge in [-0.2, -0.15) is 0 Å². The summed E-state index contributed by atoms with van der Waals surface area (Å²) in [5.41, 5.74) is 9.75. The van der Waals surface area contributed by atoms with Gasteiger partial charge in [-0.05, 0) is 53.9 Å². The SMILES string of the molecule is c1ccc(-c2cccc(-n3c4ccccc4c4ccc5c6ccccc6n6c7ccccc7nc6c5c43)c2)nc1. The van der Waals surface area contributed by atoms with Gasteiger partial charge in [-0.1, -0.05) is 78.9 Å². The van der Waals surface area contributed by atoms with E-state index in [0.29, 0.717) is 0 Å². The van der Waals surface area contributed by atoms with Crippen LogP contribution in [0, 0.1) is 0 Å². The van der Waals surface area contributed by atoms with Crippen molar-refractivity contribution in [1.29, 1.82) is 0 Å². The zero-order valence-corrected chi connectivity index (χ0v) is 21.5. The first-order valence-electron chi connectivity index (χ1n) is 13.5. The Morgan fingerprint density at radius 1 is 0.525 bits per heavy atom. The van der Waals surface area contributed by atoms with Crippen LogP contribution in [-0.4, -0.2) is 18.9 Å². The Kier molecular flexibility index (Phi) is 4.30. The van der Waals surface area contributed by atoms with Gasteiger partial charge in [0.25, 0.3) is 0 Å². The van der Waals surface area contributed by atoms with Crippen molar-refractivity contribution in [1.82, 2.24) is 18.9 Å². The fourth-order valence-corrected chi connectivity index (χ4v) is 6.45. The molecule has 0 radical (unpaired) electrons. The number of hydrogen-bond donors (Lipinski definition) is 0. The molecule has 0 fully saturated rings. The van der Waals surface area contributed by atoms with Gasteiger partial charge in [0.05, 0.1) is 38.7 Å². The van der Waals surface area contributed by atoms with Crippen molar-refractivity contribution in [3.05, 3.63) is 134 Å². The summed E-state index contributed by atoms with van der Waals surface area (Å²) in [6, 6.07) is 45.1. The maximum Gasteiger partial charge on any atom is 0.148 e. The number of imidazole rings is 1. The van der Waals surface area contributed by atoms with Crippen LogP contribution in [0.1, 0.15) is 0 Å². The molecule has 0 atom stereocenters. The molecule has 40 heavy (non-hydrogen) atoms. The van der Waals surface area contributed by atoms with Crippen LogP contribution < -0.4 is 0 Å². The van der Waals surface area contributed by atoms with Crippen LogP contribution in [0.25, 0.3) is 77.1 Å². The van der Waals surface area contributed by atoms with E-state index in [0.717, 1.165) is 44.5 Å². The number of para-hydroxylation sites is 4. The molecule has 0 N–H and O–H groups in total. The molecule has 0 saturated carbocycles. The third-order valence-corrected chi connectivity index (χ3v) is 8.12. The maximum atomic E-state index is 5.25. The monoisotopic (exact) mass is 510 g/mol. The molecule has 5 aromatic carbocycles. The number of rotatable bonds is 2. The summed E-state index contributed by atoms with van der Waals surface area (Å²) >= 11 is 0. The summed E-state index contributed by atoms with van der Waals surface area (Å²) in [6.45, 7) is 0. The molecular weight excluding hydrogens is 488 g/mol. The van der Waals surface area contributed by atoms with Crippen molar-refractivity contribution >= 4 is 60.2 Å². The average molecular weight is 511 g/mol. The second-order valence-electron chi connectivity index (χ2n) is 10.3. The lowest BCUT2D eigenvalue weighted by molar-refractivity contribution is 1.18. The minimum absolute atomic E-state index is 0.961. The van der Waals surface area contributed by atoms with Crippen molar-refractivity contribution < 1.29 is 0 Å². The predicted octanol–water partition coefficient (Wildman–Crippen LogP) is 8.95. The van der Waals surface area contributed by atoms with Crippen molar-refractivity contribution in [2.24, 2.45) is 0 Å². The number of hydrogen-bond acceptors (Lipinski definition) is 2. The highest BCUT2D eigenvalue weighted by Gasteiger charge is 2.21. The first kappa shape index (κ1) is 21.5. The molecule has 4 heterocycles. The molecule has 0 spiro atoms. The van der Waals surface area contributed by atoms with E-state index in [4.69, 9.17) is 4.98 Å². The van der Waals surface area contributed by atoms with Crippen LogP contribution in [0.15, 0.2) is 134 Å². The Labute approximate surface area is 229 Å². The molecule has 4 heteroatoms. The van der Waals surface area contributed by atoms with E-state index in [-0.39, 0.29) is 0 Å². The second kappa shape index (κ2) is 8.01. The zero-order chi connectivity index (χ0) is 26.2. The lowest BCUT2D eigenvalue weighted by atomic mass is 10.0. The molecule has 9 rings (SSSR count). The Bertz CT molecular complexity index is 2430. The highest BCUT2D eigenvalue weighted by Crippen LogP contribution is 2.41. The second-order valence-corrected chi connectivity index (χ2v) is 10.3. The fourth-order valence-electron chi connectivity index (χ4n) is 6.45. The summed E-state index contributed by atoms with van der Waals surface area (Å²) in [6.07, 6.45) is 1.85. The van der Waals surface area contributed by atoms with Crippen LogP contribution in [-0.2, 0) is 0 Å². The van der Waals surface area contributed by atoms with E-state index >= 15 is 0 Å². The van der Waals surface area contributed by atoms with E-state index in [1.54, 1.807) is 0 Å². The molecule has 0 aliphatic rings. The van der Waals surface area contributed by atoms with Crippen LogP contribution in [0.2, 0.25) is 0 Å². The van der Waals surface area contributed by atoms with Crippen LogP contribution in [0.5, 0.6) is 0 Å². The van der Waals surface area contributed by atoms with E-state index in [2.05, 4.69) is 129 Å². The molecule has 4 aromatic heterocycles. The van der Waals surface area contributed by atoms with Gasteiger partial charge < -0.3 is 4.57 Å². The Balaban J connectivity index is 1.53. The number of pyridine rings is 2. The summed E-state index contributed by atoms with van der Waals surface area (Å²) in [4.78, 5) is 9.88. The van der Waals surface area contributed by atoms with Gasteiger partial charge in [-0.15, -0.1) is 0 Å². The molecule has 9 aromatic rings. The van der Waals surface area contributed by atoms with Gasteiger partial charge in [-0.25, -0.2) is 4.98 Å². The van der Waals surface area contributed by atoms with Gasteiger partial charge in [0, 0.05) is 33.6 Å². The van der Waals surface area contributed by atoms with Gasteiger partial charge in [0.2, 0.25) is 0 Å². The fraction of sp³-hybridized carbons (Fsp3) is 0. The Morgan fingerprint density at radius 2 is 1.25 bits per heavy atom. The maximum absolute atomic E-state index is 5.25. The van der Waals surface area contributed by atoms with E-state index in [1.165, 1.54) is 32.6 Å². The van der Waals surface area contributed by atoms with Crippen molar-refractivity contribution in [2.45, 2.75) is 0 Å². The first-order valence-corrected chi connectivity index (χ1v) is 13.5. The van der Waals surface area contributed by atoms with Crippen molar-refractivity contribution in [3.63, 3.8) is 0 Å². The van der Waals surface area contributed by atoms with E-state index in [1.807, 2.05) is 18.3 Å². The highest BCUT2D eigenvalue weighted by molar-refractivity contribution is 6.27. The van der Waals surface area contributed by atoms with Crippen LogP contribution in [0.3, 0.4) is 0 Å². The summed E-state index contributed by atoms with van der Waals surface area (Å²) in [5.74, 6) is 0. The Hall–Kier alpha value is -5.48. The summed E-state index contributed by atoms with van der Waals surface area (Å²) < 4.78 is 4.74. The number of nitrogens with zero attached hydrogens (tertiary/aromatic N) is 4. The third-order valence-electron chi connectivity index (χ3n) is 8.12. The standard InChI is InChI=1S/C36H22N4/c1-5-17-32-25(12-1)27-19-20-28-26-13-2-4-16-31(26)39(24-11-9-10-23(22-24)29-14-7-8-21-37-29)35(28)34(27)36-38-30-15-3-6-18-33(30)40(32)36/h1-22H. The predicted molar refractivity (Wildman–Crippen MR) is 165 cm³/mol. The van der Waals surface area contributed by atoms with E-state index < -0.39 is 0 Å². The number of aromatic nitrogens is 4. The quantitative estimate of drug-likeness (QED) is 0.218. The van der Waals surface area contributed by atoms with Gasteiger partial charge in [0.1, 0.15) is 5.65 Å². The minimum atomic E-state index is 0.961. The molecule has 0 unspecified atom stereocenters. The molecule has 4 nitrogen and oxygen atoms in total. The molecule has 186 valence electrons. The molecule has 0 bridgehead atoms. The molecule has 0 amide bonds. The smallest absolute Gasteiger partial charge is 0.148 e. The lowest BCUT2D eigenvalue weighted by Crippen LogP contribution is -1.97. The first-order chi connectivity index (χ1) is 19.9. The normalized spacial score (nSPS) is 12.0. The lowest BCUT2D eigenvalue weighted by Gasteiger charge is -2.14. The van der Waals surface area contributed by atoms with Crippen LogP contribution >= 0.6 is 0 Å². The zero-order valence-electron chi connectivity index (χ0n) is 21.5. The highest BCUT2D eigenvalue weighted by atomic mass is 15.0. The molecule has 0 saturated heterocycles. The summed E-state index contributed by atoms with van der Waals surface area (Å²) in [7, 11) is 0. The van der Waals surface area contributed by atoms with E-state index in [9.17, 15) is 0 Å². The Morgan fingerprint density at radius 3 is 2.10 bits per heavy atom. The van der Waals surface area contributed by atoms with Crippen molar-refractivity contribution in [3.8, 4) is 16.9 Å². The molecule has 0 aliphatic carbocycles. The van der Waals surface area contributed by atoms with Gasteiger partial charge in [0.15, 0.2) is 0 Å². The minimum Gasteiger partial charge on any atom is -0.308 e. The topological polar surface area (TPSA) is 35.1 Å². The average Bonchev–Trinajstić information content (AvgIpc) is 3.58. The largest absolute Gasteiger partial charge is 0.308 e. The molecular formula is C36H22N4. The molecule has 0 aliphatic heterocycles. The number of fused-ring (bicyclic) bond motifs is 12.